The summed E-state index contributed by atoms with van der Waals surface area (Å²) in [4.78, 5) is 0. The number of hydrogen-bond donors (Lipinski definition) is 1. The Morgan fingerprint density at radius 2 is 1.70 bits per heavy atom. The van der Waals surface area contributed by atoms with Gasteiger partial charge in [-0.15, -0.1) is 0 Å². The average Bonchev–Trinajstić information content (AvgIpc) is 2.37. The van der Waals surface area contributed by atoms with Gasteiger partial charge in [-0.1, -0.05) is 35.9 Å². The Bertz CT molecular complexity index is 587. The third kappa shape index (κ3) is 3.17. The van der Waals surface area contributed by atoms with Crippen LogP contribution in [0.2, 0.25) is 0 Å². The van der Waals surface area contributed by atoms with Gasteiger partial charge in [-0.3, -0.25) is 0 Å². The van der Waals surface area contributed by atoms with Gasteiger partial charge in [-0.25, -0.2) is 4.39 Å². The van der Waals surface area contributed by atoms with Crippen molar-refractivity contribution in [2.75, 3.05) is 6.61 Å². The van der Waals surface area contributed by atoms with Crippen LogP contribution in [0.4, 0.5) is 4.39 Å². The molecule has 0 radical (unpaired) electrons. The Kier molecular flexibility index (Phi) is 4.40. The fraction of sp³-hybridized carbons (Fsp3) is 0.294. The zero-order valence-electron chi connectivity index (χ0n) is 12.1. The smallest absolute Gasteiger partial charge is 0.128 e. The molecule has 0 aliphatic heterocycles. The van der Waals surface area contributed by atoms with Gasteiger partial charge >= 0.3 is 0 Å². The Morgan fingerprint density at radius 1 is 1.10 bits per heavy atom. The van der Waals surface area contributed by atoms with Gasteiger partial charge in [0.15, 0.2) is 0 Å². The van der Waals surface area contributed by atoms with E-state index in [2.05, 4.69) is 19.1 Å². The van der Waals surface area contributed by atoms with Crippen molar-refractivity contribution in [3.05, 3.63) is 64.5 Å². The average molecular weight is 273 g/mol. The quantitative estimate of drug-likeness (QED) is 0.918. The molecule has 0 aliphatic rings. The van der Waals surface area contributed by atoms with Crippen molar-refractivity contribution in [1.82, 2.24) is 0 Å². The zero-order chi connectivity index (χ0) is 14.7. The third-order valence-corrected chi connectivity index (χ3v) is 3.32. The van der Waals surface area contributed by atoms with Crippen molar-refractivity contribution >= 4 is 0 Å². The van der Waals surface area contributed by atoms with Gasteiger partial charge in [0.05, 0.1) is 6.04 Å². The number of halogens is 1. The summed E-state index contributed by atoms with van der Waals surface area (Å²) in [5.41, 5.74) is 9.83. The maximum atomic E-state index is 13.6. The summed E-state index contributed by atoms with van der Waals surface area (Å²) < 4.78 is 19.4. The summed E-state index contributed by atoms with van der Waals surface area (Å²) in [7, 11) is 0. The van der Waals surface area contributed by atoms with E-state index in [1.165, 1.54) is 11.6 Å². The highest BCUT2D eigenvalue weighted by Gasteiger charge is 2.13. The van der Waals surface area contributed by atoms with Gasteiger partial charge in [0, 0.05) is 5.56 Å². The summed E-state index contributed by atoms with van der Waals surface area (Å²) in [6, 6.07) is 10.2. The first-order valence-electron chi connectivity index (χ1n) is 6.69. The van der Waals surface area contributed by atoms with Gasteiger partial charge in [-0.05, 0) is 38.0 Å². The minimum Gasteiger partial charge on any atom is -0.491 e. The summed E-state index contributed by atoms with van der Waals surface area (Å²) in [6.07, 6.45) is 0. The van der Waals surface area contributed by atoms with Crippen LogP contribution < -0.4 is 10.5 Å². The second-order valence-corrected chi connectivity index (χ2v) is 5.17. The van der Waals surface area contributed by atoms with Crippen LogP contribution in [0, 0.1) is 26.6 Å². The molecule has 0 spiro atoms. The van der Waals surface area contributed by atoms with E-state index >= 15 is 0 Å². The summed E-state index contributed by atoms with van der Waals surface area (Å²) >= 11 is 0. The van der Waals surface area contributed by atoms with Crippen molar-refractivity contribution in [3.8, 4) is 5.75 Å². The number of nitrogens with two attached hydrogens (primary N) is 1. The van der Waals surface area contributed by atoms with Crippen molar-refractivity contribution in [3.63, 3.8) is 0 Å². The topological polar surface area (TPSA) is 35.2 Å². The van der Waals surface area contributed by atoms with Crippen LogP contribution in [-0.4, -0.2) is 6.61 Å². The molecule has 0 aromatic heterocycles. The lowest BCUT2D eigenvalue weighted by molar-refractivity contribution is 0.284. The summed E-state index contributed by atoms with van der Waals surface area (Å²) in [5, 5.41) is 0. The Labute approximate surface area is 119 Å². The lowest BCUT2D eigenvalue weighted by atomic mass is 10.1. The van der Waals surface area contributed by atoms with E-state index in [1.54, 1.807) is 18.2 Å². The van der Waals surface area contributed by atoms with E-state index in [0.717, 1.165) is 16.9 Å². The highest BCUT2D eigenvalue weighted by Crippen LogP contribution is 2.26. The monoisotopic (exact) mass is 273 g/mol. The van der Waals surface area contributed by atoms with Gasteiger partial charge in [0.1, 0.15) is 18.2 Å². The molecule has 1 unspecified atom stereocenters. The molecular weight excluding hydrogens is 253 g/mol. The molecule has 2 aromatic rings. The van der Waals surface area contributed by atoms with E-state index in [-0.39, 0.29) is 12.4 Å². The minimum atomic E-state index is -0.476. The van der Waals surface area contributed by atoms with Gasteiger partial charge in [0.2, 0.25) is 0 Å². The highest BCUT2D eigenvalue weighted by molar-refractivity contribution is 5.43. The molecule has 3 heteroatoms. The zero-order valence-corrected chi connectivity index (χ0v) is 12.1. The molecule has 0 bridgehead atoms. The first-order chi connectivity index (χ1) is 9.49. The molecular formula is C17H20FNO. The van der Waals surface area contributed by atoms with Gasteiger partial charge in [0.25, 0.3) is 0 Å². The first kappa shape index (κ1) is 14.5. The van der Waals surface area contributed by atoms with E-state index < -0.39 is 6.04 Å². The Morgan fingerprint density at radius 3 is 2.30 bits per heavy atom. The van der Waals surface area contributed by atoms with Crippen LogP contribution in [0.25, 0.3) is 0 Å². The number of ether oxygens (including phenoxy) is 1. The van der Waals surface area contributed by atoms with Crippen molar-refractivity contribution in [1.29, 1.82) is 0 Å². The standard InChI is InChI=1S/C17H20FNO/c1-11-8-12(2)17(13(3)9-11)20-10-16(19)14-6-4-5-7-15(14)18/h4-9,16H,10,19H2,1-3H3. The molecule has 1 atom stereocenters. The number of hydrogen-bond acceptors (Lipinski definition) is 2. The minimum absolute atomic E-state index is 0.256. The fourth-order valence-electron chi connectivity index (χ4n) is 2.43. The lowest BCUT2D eigenvalue weighted by Crippen LogP contribution is -2.20. The normalized spacial score (nSPS) is 12.2. The molecule has 0 fully saturated rings. The van der Waals surface area contributed by atoms with Crippen LogP contribution in [-0.2, 0) is 0 Å². The summed E-state index contributed by atoms with van der Waals surface area (Å²) in [5.74, 6) is 0.545. The largest absolute Gasteiger partial charge is 0.491 e. The van der Waals surface area contributed by atoms with E-state index in [0.29, 0.717) is 5.56 Å². The second kappa shape index (κ2) is 6.06. The molecule has 20 heavy (non-hydrogen) atoms. The number of aryl methyl sites for hydroxylation is 3. The number of benzene rings is 2. The van der Waals surface area contributed by atoms with Crippen LogP contribution in [0.1, 0.15) is 28.3 Å². The van der Waals surface area contributed by atoms with Gasteiger partial charge < -0.3 is 10.5 Å². The predicted octanol–water partition coefficient (Wildman–Crippen LogP) is 3.83. The molecule has 2 N–H and O–H groups in total. The van der Waals surface area contributed by atoms with Crippen molar-refractivity contribution < 1.29 is 9.13 Å². The van der Waals surface area contributed by atoms with E-state index in [1.807, 2.05) is 13.8 Å². The summed E-state index contributed by atoms with van der Waals surface area (Å²) in [6.45, 7) is 6.31. The molecule has 0 heterocycles. The van der Waals surface area contributed by atoms with Crippen LogP contribution >= 0.6 is 0 Å². The molecule has 2 aromatic carbocycles. The predicted molar refractivity (Wildman–Crippen MR) is 79.5 cm³/mol. The molecule has 106 valence electrons. The molecule has 0 amide bonds. The van der Waals surface area contributed by atoms with Gasteiger partial charge in [-0.2, -0.15) is 0 Å². The molecule has 0 aliphatic carbocycles. The SMILES string of the molecule is Cc1cc(C)c(OCC(N)c2ccccc2F)c(C)c1. The maximum absolute atomic E-state index is 13.6. The number of rotatable bonds is 4. The second-order valence-electron chi connectivity index (χ2n) is 5.17. The van der Waals surface area contributed by atoms with E-state index in [4.69, 9.17) is 10.5 Å². The van der Waals surface area contributed by atoms with Crippen LogP contribution in [0.15, 0.2) is 36.4 Å². The van der Waals surface area contributed by atoms with Crippen LogP contribution in [0.3, 0.4) is 0 Å². The Balaban J connectivity index is 2.12. The van der Waals surface area contributed by atoms with E-state index in [9.17, 15) is 4.39 Å². The first-order valence-corrected chi connectivity index (χ1v) is 6.69. The molecule has 0 saturated carbocycles. The fourth-order valence-corrected chi connectivity index (χ4v) is 2.43. The maximum Gasteiger partial charge on any atom is 0.128 e. The third-order valence-electron chi connectivity index (χ3n) is 3.32. The highest BCUT2D eigenvalue weighted by atomic mass is 19.1. The van der Waals surface area contributed by atoms with Crippen LogP contribution in [0.5, 0.6) is 5.75 Å². The molecule has 0 saturated heterocycles. The molecule has 2 nitrogen and oxygen atoms in total. The molecule has 2 rings (SSSR count). The van der Waals surface area contributed by atoms with Crippen molar-refractivity contribution in [2.45, 2.75) is 26.8 Å². The van der Waals surface area contributed by atoms with Crippen molar-refractivity contribution in [2.24, 2.45) is 5.73 Å². The Hall–Kier alpha value is -1.87. The lowest BCUT2D eigenvalue weighted by Gasteiger charge is -2.17.